The van der Waals surface area contributed by atoms with Gasteiger partial charge in [-0.25, -0.2) is 13.1 Å². The highest BCUT2D eigenvalue weighted by molar-refractivity contribution is 7.89. The Morgan fingerprint density at radius 3 is 2.70 bits per heavy atom. The van der Waals surface area contributed by atoms with Gasteiger partial charge in [0, 0.05) is 29.4 Å². The van der Waals surface area contributed by atoms with Crippen LogP contribution in [0.15, 0.2) is 16.3 Å². The van der Waals surface area contributed by atoms with Crippen molar-refractivity contribution in [3.8, 4) is 0 Å². The van der Waals surface area contributed by atoms with E-state index in [4.69, 9.17) is 0 Å². The van der Waals surface area contributed by atoms with Crippen LogP contribution in [0.5, 0.6) is 0 Å². The number of thiophene rings is 1. The maximum Gasteiger partial charge on any atom is 0.241 e. The van der Waals surface area contributed by atoms with Crippen molar-refractivity contribution in [3.05, 3.63) is 16.3 Å². The highest BCUT2D eigenvalue weighted by Gasteiger charge is 2.45. The van der Waals surface area contributed by atoms with E-state index in [0.717, 1.165) is 17.8 Å². The van der Waals surface area contributed by atoms with Crippen LogP contribution in [0.25, 0.3) is 0 Å². The standard InChI is InChI=1S/C14H22N2O2S2/c1-14(2)6-10(14)7-16-20(17,18)13-5-12(19-9-13)8-15-11-3-4-11/h5,9-11,15-16H,3-4,6-8H2,1-2H3. The minimum Gasteiger partial charge on any atom is -0.309 e. The van der Waals surface area contributed by atoms with E-state index >= 15 is 0 Å². The Bertz CT molecular complexity index is 588. The van der Waals surface area contributed by atoms with Crippen molar-refractivity contribution in [3.63, 3.8) is 0 Å². The van der Waals surface area contributed by atoms with Crippen molar-refractivity contribution in [1.29, 1.82) is 0 Å². The topological polar surface area (TPSA) is 58.2 Å². The summed E-state index contributed by atoms with van der Waals surface area (Å²) in [4.78, 5) is 1.50. The second-order valence-electron chi connectivity index (χ2n) is 6.65. The smallest absolute Gasteiger partial charge is 0.241 e. The van der Waals surface area contributed by atoms with Crippen LogP contribution in [0, 0.1) is 11.3 Å². The molecule has 4 nitrogen and oxygen atoms in total. The normalized spacial score (nSPS) is 24.8. The van der Waals surface area contributed by atoms with Crippen molar-refractivity contribution in [2.24, 2.45) is 11.3 Å². The fraction of sp³-hybridized carbons (Fsp3) is 0.714. The van der Waals surface area contributed by atoms with E-state index in [0.29, 0.717) is 28.8 Å². The summed E-state index contributed by atoms with van der Waals surface area (Å²) < 4.78 is 27.2. The molecule has 2 fully saturated rings. The molecule has 0 radical (unpaired) electrons. The van der Waals surface area contributed by atoms with Gasteiger partial charge in [-0.05, 0) is 36.7 Å². The first-order valence-electron chi connectivity index (χ1n) is 7.17. The molecule has 0 bridgehead atoms. The third-order valence-electron chi connectivity index (χ3n) is 4.32. The Hall–Kier alpha value is -0.430. The van der Waals surface area contributed by atoms with Crippen molar-refractivity contribution < 1.29 is 8.42 Å². The summed E-state index contributed by atoms with van der Waals surface area (Å²) in [5.41, 5.74) is 0.302. The Balaban J connectivity index is 1.56. The number of rotatable bonds is 7. The van der Waals surface area contributed by atoms with Gasteiger partial charge in [0.15, 0.2) is 0 Å². The molecule has 0 aromatic carbocycles. The molecule has 1 aromatic heterocycles. The maximum absolute atomic E-state index is 12.2. The van der Waals surface area contributed by atoms with Crippen molar-refractivity contribution in [2.45, 2.75) is 50.6 Å². The van der Waals surface area contributed by atoms with Crippen LogP contribution in [0.3, 0.4) is 0 Å². The molecule has 0 aliphatic heterocycles. The first-order chi connectivity index (χ1) is 9.37. The average Bonchev–Trinajstić information content (AvgIpc) is 3.24. The predicted octanol–water partition coefficient (Wildman–Crippen LogP) is 2.32. The van der Waals surface area contributed by atoms with Gasteiger partial charge in [-0.3, -0.25) is 0 Å². The van der Waals surface area contributed by atoms with Crippen LogP contribution < -0.4 is 10.0 Å². The van der Waals surface area contributed by atoms with Crippen molar-refractivity contribution >= 4 is 21.4 Å². The molecule has 3 rings (SSSR count). The predicted molar refractivity (Wildman–Crippen MR) is 81.3 cm³/mol. The minimum atomic E-state index is -3.33. The Kier molecular flexibility index (Phi) is 3.69. The van der Waals surface area contributed by atoms with Crippen LogP contribution in [-0.4, -0.2) is 21.0 Å². The second kappa shape index (κ2) is 5.09. The molecule has 112 valence electrons. The summed E-state index contributed by atoms with van der Waals surface area (Å²) in [7, 11) is -3.33. The molecule has 2 saturated carbocycles. The number of hydrogen-bond acceptors (Lipinski definition) is 4. The molecule has 6 heteroatoms. The van der Waals surface area contributed by atoms with E-state index in [2.05, 4.69) is 23.9 Å². The lowest BCUT2D eigenvalue weighted by atomic mass is 10.1. The molecule has 0 amide bonds. The van der Waals surface area contributed by atoms with Crippen molar-refractivity contribution in [1.82, 2.24) is 10.0 Å². The molecule has 2 N–H and O–H groups in total. The van der Waals surface area contributed by atoms with Crippen LogP contribution in [0.2, 0.25) is 0 Å². The van der Waals surface area contributed by atoms with Gasteiger partial charge in [0.05, 0.1) is 4.90 Å². The highest BCUT2D eigenvalue weighted by atomic mass is 32.2. The Morgan fingerprint density at radius 2 is 2.10 bits per heavy atom. The first kappa shape index (κ1) is 14.5. The fourth-order valence-corrected chi connectivity index (χ4v) is 4.65. The van der Waals surface area contributed by atoms with E-state index in [1.54, 1.807) is 11.4 Å². The van der Waals surface area contributed by atoms with E-state index in [-0.39, 0.29) is 0 Å². The first-order valence-corrected chi connectivity index (χ1v) is 9.53. The van der Waals surface area contributed by atoms with Gasteiger partial charge in [0.2, 0.25) is 10.0 Å². The summed E-state index contributed by atoms with van der Waals surface area (Å²) >= 11 is 1.51. The summed E-state index contributed by atoms with van der Waals surface area (Å²) in [5.74, 6) is 0.479. The lowest BCUT2D eigenvalue weighted by molar-refractivity contribution is 0.537. The third-order valence-corrected chi connectivity index (χ3v) is 6.81. The van der Waals surface area contributed by atoms with E-state index in [1.165, 1.54) is 24.2 Å². The molecule has 0 spiro atoms. The zero-order valence-corrected chi connectivity index (χ0v) is 13.6. The number of hydrogen-bond donors (Lipinski definition) is 2. The largest absolute Gasteiger partial charge is 0.309 e. The van der Waals surface area contributed by atoms with E-state index in [9.17, 15) is 8.42 Å². The minimum absolute atomic E-state index is 0.302. The van der Waals surface area contributed by atoms with Crippen LogP contribution in [-0.2, 0) is 16.6 Å². The molecule has 2 aliphatic rings. The van der Waals surface area contributed by atoms with Gasteiger partial charge in [-0.1, -0.05) is 13.8 Å². The quantitative estimate of drug-likeness (QED) is 0.812. The number of sulfonamides is 1. The van der Waals surface area contributed by atoms with Crippen molar-refractivity contribution in [2.75, 3.05) is 6.54 Å². The van der Waals surface area contributed by atoms with Gasteiger partial charge in [0.1, 0.15) is 0 Å². The van der Waals surface area contributed by atoms with Gasteiger partial charge in [-0.2, -0.15) is 0 Å². The van der Waals surface area contributed by atoms with Gasteiger partial charge < -0.3 is 5.32 Å². The molecule has 2 aliphatic carbocycles. The SMILES string of the molecule is CC1(C)CC1CNS(=O)(=O)c1csc(CNC2CC2)c1. The molecule has 1 atom stereocenters. The van der Waals surface area contributed by atoms with E-state index in [1.807, 2.05) is 0 Å². The van der Waals surface area contributed by atoms with Gasteiger partial charge >= 0.3 is 0 Å². The molecule has 1 unspecified atom stereocenters. The molecule has 0 saturated heterocycles. The van der Waals surface area contributed by atoms with Crippen LogP contribution in [0.4, 0.5) is 0 Å². The maximum atomic E-state index is 12.2. The lowest BCUT2D eigenvalue weighted by Crippen LogP contribution is -2.26. The zero-order chi connectivity index (χ0) is 14.4. The zero-order valence-electron chi connectivity index (χ0n) is 12.0. The fourth-order valence-electron chi connectivity index (χ4n) is 2.34. The average molecular weight is 314 g/mol. The summed E-state index contributed by atoms with van der Waals surface area (Å²) in [6.07, 6.45) is 3.60. The third kappa shape index (κ3) is 3.42. The lowest BCUT2D eigenvalue weighted by Gasteiger charge is -2.06. The molecule has 1 aromatic rings. The molecular weight excluding hydrogens is 292 g/mol. The van der Waals surface area contributed by atoms with E-state index < -0.39 is 10.0 Å². The van der Waals surface area contributed by atoms with Crippen LogP contribution >= 0.6 is 11.3 Å². The van der Waals surface area contributed by atoms with Gasteiger partial charge in [0.25, 0.3) is 0 Å². The summed E-state index contributed by atoms with van der Waals surface area (Å²) in [5, 5.41) is 5.14. The second-order valence-corrected chi connectivity index (χ2v) is 9.41. The highest BCUT2D eigenvalue weighted by Crippen LogP contribution is 2.51. The number of nitrogens with one attached hydrogen (secondary N) is 2. The Morgan fingerprint density at radius 1 is 1.40 bits per heavy atom. The molecule has 20 heavy (non-hydrogen) atoms. The molecule has 1 heterocycles. The monoisotopic (exact) mass is 314 g/mol. The van der Waals surface area contributed by atoms with Gasteiger partial charge in [-0.15, -0.1) is 11.3 Å². The Labute approximate surface area is 125 Å². The molecular formula is C14H22N2O2S2. The summed E-state index contributed by atoms with van der Waals surface area (Å²) in [6.45, 7) is 5.69. The van der Waals surface area contributed by atoms with Crippen LogP contribution in [0.1, 0.15) is 38.0 Å². The summed E-state index contributed by atoms with van der Waals surface area (Å²) in [6, 6.07) is 2.44.